The van der Waals surface area contributed by atoms with Crippen molar-refractivity contribution in [2.24, 2.45) is 5.92 Å². The second-order valence-electron chi connectivity index (χ2n) is 5.06. The molecule has 1 aromatic heterocycles. The summed E-state index contributed by atoms with van der Waals surface area (Å²) in [6, 6.07) is 8.65. The molecule has 1 saturated carbocycles. The Morgan fingerprint density at radius 3 is 2.78 bits per heavy atom. The van der Waals surface area contributed by atoms with Gasteiger partial charge in [-0.15, -0.1) is 11.3 Å². The Bertz CT molecular complexity index is 512. The number of thiazole rings is 1. The first kappa shape index (κ1) is 11.9. The van der Waals surface area contributed by atoms with Gasteiger partial charge in [-0.2, -0.15) is 0 Å². The van der Waals surface area contributed by atoms with E-state index in [0.29, 0.717) is 0 Å². The third-order valence-electron chi connectivity index (χ3n) is 3.30. The largest absolute Gasteiger partial charge is 0.310 e. The van der Waals surface area contributed by atoms with Crippen LogP contribution in [0, 0.1) is 12.8 Å². The summed E-state index contributed by atoms with van der Waals surface area (Å²) >= 11 is 1.79. The summed E-state index contributed by atoms with van der Waals surface area (Å²) in [5.74, 6) is 0.932. The molecule has 0 atom stereocenters. The van der Waals surface area contributed by atoms with Crippen molar-refractivity contribution in [3.8, 4) is 10.4 Å². The van der Waals surface area contributed by atoms with Crippen LogP contribution in [0.3, 0.4) is 0 Å². The van der Waals surface area contributed by atoms with E-state index in [4.69, 9.17) is 0 Å². The molecule has 0 unspecified atom stereocenters. The van der Waals surface area contributed by atoms with Crippen LogP contribution in [-0.2, 0) is 6.54 Å². The quantitative estimate of drug-likeness (QED) is 0.886. The standard InChI is InChI=1S/C15H18N2S/c1-11-2-6-13(7-3-11)14-9-17-15(18-14)10-16-8-12-4-5-12/h2-3,6-7,9,12,16H,4-5,8,10H2,1H3. The molecule has 1 aliphatic carbocycles. The fourth-order valence-electron chi connectivity index (χ4n) is 1.95. The van der Waals surface area contributed by atoms with E-state index in [0.717, 1.165) is 19.0 Å². The number of aromatic nitrogens is 1. The van der Waals surface area contributed by atoms with Gasteiger partial charge in [-0.1, -0.05) is 29.8 Å². The molecule has 1 aliphatic rings. The summed E-state index contributed by atoms with van der Waals surface area (Å²) in [5.41, 5.74) is 2.57. The SMILES string of the molecule is Cc1ccc(-c2cnc(CNCC3CC3)s2)cc1. The van der Waals surface area contributed by atoms with Gasteiger partial charge in [0.25, 0.3) is 0 Å². The van der Waals surface area contributed by atoms with Crippen LogP contribution in [0.5, 0.6) is 0 Å². The zero-order valence-electron chi connectivity index (χ0n) is 10.6. The van der Waals surface area contributed by atoms with Crippen LogP contribution < -0.4 is 5.32 Å². The maximum atomic E-state index is 4.49. The zero-order chi connectivity index (χ0) is 12.4. The van der Waals surface area contributed by atoms with E-state index in [1.54, 1.807) is 11.3 Å². The molecule has 1 heterocycles. The maximum Gasteiger partial charge on any atom is 0.107 e. The Hall–Kier alpha value is -1.19. The van der Waals surface area contributed by atoms with Crippen LogP contribution in [0.15, 0.2) is 30.5 Å². The fourth-order valence-corrected chi connectivity index (χ4v) is 2.84. The monoisotopic (exact) mass is 258 g/mol. The maximum absolute atomic E-state index is 4.49. The Kier molecular flexibility index (Phi) is 3.43. The first-order valence-electron chi connectivity index (χ1n) is 6.54. The van der Waals surface area contributed by atoms with Crippen molar-refractivity contribution in [2.45, 2.75) is 26.3 Å². The van der Waals surface area contributed by atoms with Crippen molar-refractivity contribution < 1.29 is 0 Å². The minimum Gasteiger partial charge on any atom is -0.310 e. The molecule has 0 radical (unpaired) electrons. The van der Waals surface area contributed by atoms with Crippen LogP contribution in [0.2, 0.25) is 0 Å². The van der Waals surface area contributed by atoms with Crippen LogP contribution in [0.1, 0.15) is 23.4 Å². The molecule has 3 rings (SSSR count). The molecule has 0 amide bonds. The predicted molar refractivity (Wildman–Crippen MR) is 76.7 cm³/mol. The van der Waals surface area contributed by atoms with E-state index in [2.05, 4.69) is 41.5 Å². The third-order valence-corrected chi connectivity index (χ3v) is 4.34. The molecule has 2 aromatic rings. The van der Waals surface area contributed by atoms with Crippen LogP contribution >= 0.6 is 11.3 Å². The first-order chi connectivity index (χ1) is 8.81. The van der Waals surface area contributed by atoms with Crippen molar-refractivity contribution >= 4 is 11.3 Å². The molecule has 18 heavy (non-hydrogen) atoms. The highest BCUT2D eigenvalue weighted by molar-refractivity contribution is 7.15. The second kappa shape index (κ2) is 5.21. The van der Waals surface area contributed by atoms with Gasteiger partial charge in [0.05, 0.1) is 4.88 Å². The second-order valence-corrected chi connectivity index (χ2v) is 6.17. The third kappa shape index (κ3) is 2.98. The summed E-state index contributed by atoms with van der Waals surface area (Å²) in [4.78, 5) is 5.75. The van der Waals surface area contributed by atoms with E-state index in [-0.39, 0.29) is 0 Å². The summed E-state index contributed by atoms with van der Waals surface area (Å²) in [6.45, 7) is 4.18. The van der Waals surface area contributed by atoms with Gasteiger partial charge in [0.15, 0.2) is 0 Å². The van der Waals surface area contributed by atoms with Crippen LogP contribution in [0.4, 0.5) is 0 Å². The minimum atomic E-state index is 0.910. The van der Waals surface area contributed by atoms with Gasteiger partial charge < -0.3 is 5.32 Å². The molecule has 0 aliphatic heterocycles. The average Bonchev–Trinajstić information content (AvgIpc) is 3.08. The van der Waals surface area contributed by atoms with Crippen molar-refractivity contribution in [3.05, 3.63) is 41.0 Å². The number of hydrogen-bond donors (Lipinski definition) is 1. The molecule has 3 heteroatoms. The van der Waals surface area contributed by atoms with Gasteiger partial charge in [0, 0.05) is 12.7 Å². The number of nitrogens with one attached hydrogen (secondary N) is 1. The first-order valence-corrected chi connectivity index (χ1v) is 7.35. The van der Waals surface area contributed by atoms with E-state index >= 15 is 0 Å². The Labute approximate surface area is 112 Å². The smallest absolute Gasteiger partial charge is 0.107 e. The van der Waals surface area contributed by atoms with E-state index in [1.807, 2.05) is 6.20 Å². The molecule has 1 fully saturated rings. The van der Waals surface area contributed by atoms with Crippen LogP contribution in [0.25, 0.3) is 10.4 Å². The van der Waals surface area contributed by atoms with Gasteiger partial charge in [0.2, 0.25) is 0 Å². The predicted octanol–water partition coefficient (Wildman–Crippen LogP) is 3.62. The van der Waals surface area contributed by atoms with Crippen molar-refractivity contribution in [3.63, 3.8) is 0 Å². The van der Waals surface area contributed by atoms with Crippen LogP contribution in [-0.4, -0.2) is 11.5 Å². The highest BCUT2D eigenvalue weighted by Crippen LogP contribution is 2.28. The number of hydrogen-bond acceptors (Lipinski definition) is 3. The van der Waals surface area contributed by atoms with E-state index < -0.39 is 0 Å². The Balaban J connectivity index is 1.62. The van der Waals surface area contributed by atoms with E-state index in [9.17, 15) is 0 Å². The fraction of sp³-hybridized carbons (Fsp3) is 0.400. The lowest BCUT2D eigenvalue weighted by Crippen LogP contribution is -2.15. The van der Waals surface area contributed by atoms with Gasteiger partial charge in [-0.3, -0.25) is 0 Å². The lowest BCUT2D eigenvalue weighted by Gasteiger charge is -1.99. The van der Waals surface area contributed by atoms with Crippen molar-refractivity contribution in [1.82, 2.24) is 10.3 Å². The number of aryl methyl sites for hydroxylation is 1. The summed E-state index contributed by atoms with van der Waals surface area (Å²) in [5, 5.41) is 4.67. The molecular formula is C15H18N2S. The molecular weight excluding hydrogens is 240 g/mol. The number of nitrogens with zero attached hydrogens (tertiary/aromatic N) is 1. The molecule has 0 spiro atoms. The number of benzene rings is 1. The molecule has 0 bridgehead atoms. The lowest BCUT2D eigenvalue weighted by molar-refractivity contribution is 0.637. The topological polar surface area (TPSA) is 24.9 Å². The summed E-state index contributed by atoms with van der Waals surface area (Å²) in [7, 11) is 0. The molecule has 0 saturated heterocycles. The zero-order valence-corrected chi connectivity index (χ0v) is 11.5. The van der Waals surface area contributed by atoms with Gasteiger partial charge in [-0.25, -0.2) is 4.98 Å². The van der Waals surface area contributed by atoms with Gasteiger partial charge in [-0.05, 0) is 37.8 Å². The Morgan fingerprint density at radius 2 is 2.06 bits per heavy atom. The number of rotatable bonds is 5. The van der Waals surface area contributed by atoms with Gasteiger partial charge in [0.1, 0.15) is 5.01 Å². The highest BCUT2D eigenvalue weighted by Gasteiger charge is 2.20. The summed E-state index contributed by atoms with van der Waals surface area (Å²) in [6.07, 6.45) is 4.79. The highest BCUT2D eigenvalue weighted by atomic mass is 32.1. The minimum absolute atomic E-state index is 0.910. The molecule has 94 valence electrons. The van der Waals surface area contributed by atoms with Gasteiger partial charge >= 0.3 is 0 Å². The van der Waals surface area contributed by atoms with E-state index in [1.165, 1.54) is 33.9 Å². The molecule has 2 nitrogen and oxygen atoms in total. The Morgan fingerprint density at radius 1 is 1.28 bits per heavy atom. The molecule has 1 N–H and O–H groups in total. The average molecular weight is 258 g/mol. The van der Waals surface area contributed by atoms with Crippen molar-refractivity contribution in [2.75, 3.05) is 6.54 Å². The van der Waals surface area contributed by atoms with Crippen molar-refractivity contribution in [1.29, 1.82) is 0 Å². The summed E-state index contributed by atoms with van der Waals surface area (Å²) < 4.78 is 0. The normalized spacial score (nSPS) is 14.9. The molecule has 1 aromatic carbocycles. The lowest BCUT2D eigenvalue weighted by atomic mass is 10.1.